The highest BCUT2D eigenvalue weighted by molar-refractivity contribution is 7.99. The van der Waals surface area contributed by atoms with Crippen molar-refractivity contribution in [3.8, 4) is 0 Å². The highest BCUT2D eigenvalue weighted by Gasteiger charge is 2.03. The summed E-state index contributed by atoms with van der Waals surface area (Å²) >= 11 is 1.95. The van der Waals surface area contributed by atoms with Crippen LogP contribution in [0.5, 0.6) is 0 Å². The van der Waals surface area contributed by atoms with Gasteiger partial charge in [-0.05, 0) is 11.7 Å². The minimum Gasteiger partial charge on any atom is -0.271 e. The molecule has 0 saturated heterocycles. The molecule has 2 nitrogen and oxygen atoms in total. The van der Waals surface area contributed by atoms with Crippen molar-refractivity contribution in [1.29, 1.82) is 0 Å². The average Bonchev–Trinajstić information content (AvgIpc) is 1.90. The zero-order valence-electron chi connectivity index (χ0n) is 7.05. The monoisotopic (exact) mass is 162 g/mol. The van der Waals surface area contributed by atoms with Crippen molar-refractivity contribution in [2.75, 3.05) is 5.75 Å². The van der Waals surface area contributed by atoms with Crippen LogP contribution >= 0.6 is 11.8 Å². The van der Waals surface area contributed by atoms with Crippen molar-refractivity contribution in [2.45, 2.75) is 38.5 Å². The van der Waals surface area contributed by atoms with E-state index in [1.807, 2.05) is 11.8 Å². The van der Waals surface area contributed by atoms with Crippen molar-refractivity contribution < 1.29 is 0 Å². The highest BCUT2D eigenvalue weighted by atomic mass is 32.2. The first-order valence-electron chi connectivity index (χ1n) is 3.78. The molecule has 0 aromatic heterocycles. The van der Waals surface area contributed by atoms with Gasteiger partial charge in [-0.25, -0.2) is 0 Å². The fourth-order valence-corrected chi connectivity index (χ4v) is 1.54. The van der Waals surface area contributed by atoms with Gasteiger partial charge in [0.1, 0.15) is 0 Å². The first kappa shape index (κ1) is 10.3. The van der Waals surface area contributed by atoms with Gasteiger partial charge in [0.05, 0.1) is 0 Å². The fraction of sp³-hybridized carbons (Fsp3) is 1.00. The van der Waals surface area contributed by atoms with E-state index in [2.05, 4.69) is 26.2 Å². The van der Waals surface area contributed by atoms with Crippen LogP contribution in [0.25, 0.3) is 0 Å². The highest BCUT2D eigenvalue weighted by Crippen LogP contribution is 2.11. The third-order valence-electron chi connectivity index (χ3n) is 1.36. The molecule has 0 fully saturated rings. The standard InChI is InChI=1S/C7H18N2S/c1-4-7(9-8)5-10-6(2)3/h6-7,9H,4-5,8H2,1-3H3. The lowest BCUT2D eigenvalue weighted by molar-refractivity contribution is 0.562. The molecule has 0 aliphatic heterocycles. The Labute approximate surface area is 67.9 Å². The summed E-state index contributed by atoms with van der Waals surface area (Å²) in [5.41, 5.74) is 2.79. The second-order valence-corrected chi connectivity index (χ2v) is 4.26. The summed E-state index contributed by atoms with van der Waals surface area (Å²) in [5, 5.41) is 0.711. The van der Waals surface area contributed by atoms with Gasteiger partial charge in [-0.3, -0.25) is 11.3 Å². The Morgan fingerprint density at radius 3 is 2.40 bits per heavy atom. The van der Waals surface area contributed by atoms with Gasteiger partial charge < -0.3 is 0 Å². The normalized spacial score (nSPS) is 14.1. The van der Waals surface area contributed by atoms with E-state index in [4.69, 9.17) is 5.84 Å². The van der Waals surface area contributed by atoms with Crippen LogP contribution < -0.4 is 11.3 Å². The van der Waals surface area contributed by atoms with Crippen molar-refractivity contribution in [3.05, 3.63) is 0 Å². The Hall–Kier alpha value is 0.270. The number of hydrogen-bond acceptors (Lipinski definition) is 3. The molecule has 0 bridgehead atoms. The summed E-state index contributed by atoms with van der Waals surface area (Å²) in [6.07, 6.45) is 1.11. The van der Waals surface area contributed by atoms with E-state index in [0.717, 1.165) is 12.2 Å². The first-order chi connectivity index (χ1) is 4.70. The van der Waals surface area contributed by atoms with Gasteiger partial charge in [-0.1, -0.05) is 20.8 Å². The molecule has 1 atom stereocenters. The number of thioether (sulfide) groups is 1. The van der Waals surface area contributed by atoms with E-state index in [9.17, 15) is 0 Å². The van der Waals surface area contributed by atoms with Crippen molar-refractivity contribution in [2.24, 2.45) is 5.84 Å². The summed E-state index contributed by atoms with van der Waals surface area (Å²) in [7, 11) is 0. The third kappa shape index (κ3) is 5.09. The molecule has 0 spiro atoms. The van der Waals surface area contributed by atoms with Gasteiger partial charge in [-0.15, -0.1) is 0 Å². The summed E-state index contributed by atoms with van der Waals surface area (Å²) in [4.78, 5) is 0. The van der Waals surface area contributed by atoms with Gasteiger partial charge in [0, 0.05) is 11.8 Å². The molecule has 0 radical (unpaired) electrons. The van der Waals surface area contributed by atoms with E-state index in [-0.39, 0.29) is 0 Å². The zero-order valence-corrected chi connectivity index (χ0v) is 7.87. The lowest BCUT2D eigenvalue weighted by atomic mass is 10.3. The molecule has 10 heavy (non-hydrogen) atoms. The topological polar surface area (TPSA) is 38.0 Å². The molecule has 0 aromatic rings. The predicted octanol–water partition coefficient (Wildman–Crippen LogP) is 1.37. The minimum absolute atomic E-state index is 0.479. The smallest absolute Gasteiger partial charge is 0.0298 e. The van der Waals surface area contributed by atoms with Gasteiger partial charge in [-0.2, -0.15) is 11.8 Å². The molecule has 0 amide bonds. The molecule has 0 aliphatic carbocycles. The quantitative estimate of drug-likeness (QED) is 0.473. The van der Waals surface area contributed by atoms with Crippen LogP contribution in [-0.2, 0) is 0 Å². The molecule has 0 aromatic carbocycles. The second kappa shape index (κ2) is 6.01. The average molecular weight is 162 g/mol. The predicted molar refractivity (Wildman–Crippen MR) is 49.0 cm³/mol. The van der Waals surface area contributed by atoms with Crippen molar-refractivity contribution in [3.63, 3.8) is 0 Å². The maximum absolute atomic E-state index is 5.31. The summed E-state index contributed by atoms with van der Waals surface area (Å²) in [6, 6.07) is 0.479. The SMILES string of the molecule is CCC(CSC(C)C)NN. The van der Waals surface area contributed by atoms with Gasteiger partial charge >= 0.3 is 0 Å². The lowest BCUT2D eigenvalue weighted by Gasteiger charge is -2.13. The van der Waals surface area contributed by atoms with Crippen LogP contribution in [0.3, 0.4) is 0 Å². The Balaban J connectivity index is 3.26. The second-order valence-electron chi connectivity index (χ2n) is 2.65. The number of rotatable bonds is 5. The number of nitrogens with one attached hydrogen (secondary N) is 1. The molecular formula is C7H18N2S. The summed E-state index contributed by atoms with van der Waals surface area (Å²) < 4.78 is 0. The van der Waals surface area contributed by atoms with Crippen LogP contribution in [0.4, 0.5) is 0 Å². The number of nitrogens with two attached hydrogens (primary N) is 1. The van der Waals surface area contributed by atoms with E-state index in [1.165, 1.54) is 0 Å². The largest absolute Gasteiger partial charge is 0.271 e. The minimum atomic E-state index is 0.479. The molecule has 0 aliphatic rings. The van der Waals surface area contributed by atoms with Crippen molar-refractivity contribution in [1.82, 2.24) is 5.43 Å². The molecular weight excluding hydrogens is 144 g/mol. The van der Waals surface area contributed by atoms with E-state index < -0.39 is 0 Å². The molecule has 0 heterocycles. The molecule has 1 unspecified atom stereocenters. The molecule has 62 valence electrons. The van der Waals surface area contributed by atoms with Crippen LogP contribution in [0, 0.1) is 0 Å². The summed E-state index contributed by atoms with van der Waals surface area (Å²) in [5.74, 6) is 6.42. The van der Waals surface area contributed by atoms with Crippen LogP contribution in [-0.4, -0.2) is 17.0 Å². The maximum atomic E-state index is 5.31. The van der Waals surface area contributed by atoms with Gasteiger partial charge in [0.2, 0.25) is 0 Å². The summed E-state index contributed by atoms with van der Waals surface area (Å²) in [6.45, 7) is 6.55. The Bertz CT molecular complexity index is 72.0. The van der Waals surface area contributed by atoms with E-state index in [0.29, 0.717) is 11.3 Å². The van der Waals surface area contributed by atoms with Gasteiger partial charge in [0.25, 0.3) is 0 Å². The Morgan fingerprint density at radius 1 is 1.50 bits per heavy atom. The lowest BCUT2D eigenvalue weighted by Crippen LogP contribution is -2.36. The Morgan fingerprint density at radius 2 is 2.10 bits per heavy atom. The number of hydrazine groups is 1. The van der Waals surface area contributed by atoms with E-state index in [1.54, 1.807) is 0 Å². The number of hydrogen-bond donors (Lipinski definition) is 2. The fourth-order valence-electron chi connectivity index (χ4n) is 0.592. The van der Waals surface area contributed by atoms with Gasteiger partial charge in [0.15, 0.2) is 0 Å². The molecule has 3 N–H and O–H groups in total. The van der Waals surface area contributed by atoms with Crippen LogP contribution in [0.1, 0.15) is 27.2 Å². The van der Waals surface area contributed by atoms with Crippen LogP contribution in [0.15, 0.2) is 0 Å². The third-order valence-corrected chi connectivity index (χ3v) is 2.62. The molecule has 0 rings (SSSR count). The zero-order chi connectivity index (χ0) is 7.98. The van der Waals surface area contributed by atoms with Crippen molar-refractivity contribution >= 4 is 11.8 Å². The maximum Gasteiger partial charge on any atom is 0.0298 e. The molecule has 0 saturated carbocycles. The van der Waals surface area contributed by atoms with Crippen LogP contribution in [0.2, 0.25) is 0 Å². The molecule has 3 heteroatoms. The Kier molecular flexibility index (Phi) is 6.17. The van der Waals surface area contributed by atoms with E-state index >= 15 is 0 Å². The first-order valence-corrected chi connectivity index (χ1v) is 4.83.